The highest BCUT2D eigenvalue weighted by molar-refractivity contribution is 5.79. The van der Waals surface area contributed by atoms with Crippen LogP contribution >= 0.6 is 0 Å². The molecule has 2 heterocycles. The minimum absolute atomic E-state index is 0.0440. The molecule has 1 amide bonds. The van der Waals surface area contributed by atoms with Crippen LogP contribution in [0.3, 0.4) is 0 Å². The predicted octanol–water partition coefficient (Wildman–Crippen LogP) is 0.288. The Kier molecular flexibility index (Phi) is 2.96. The van der Waals surface area contributed by atoms with Gasteiger partial charge >= 0.3 is 0 Å². The van der Waals surface area contributed by atoms with Crippen molar-refractivity contribution in [3.05, 3.63) is 18.2 Å². The third-order valence-electron chi connectivity index (χ3n) is 3.31. The third kappa shape index (κ3) is 1.61. The number of likely N-dealkylation sites (tertiary alicyclic amines) is 1. The molecule has 1 aliphatic rings. The highest BCUT2D eigenvalue weighted by Crippen LogP contribution is 2.36. The van der Waals surface area contributed by atoms with E-state index in [1.54, 1.807) is 6.20 Å². The Morgan fingerprint density at radius 2 is 2.38 bits per heavy atom. The van der Waals surface area contributed by atoms with E-state index in [-0.39, 0.29) is 17.9 Å². The van der Waals surface area contributed by atoms with Crippen LogP contribution in [0.1, 0.15) is 25.2 Å². The Bertz CT molecular complexity index is 387. The van der Waals surface area contributed by atoms with Crippen LogP contribution < -0.4 is 5.73 Å². The van der Waals surface area contributed by atoms with Crippen LogP contribution in [0.15, 0.2) is 12.4 Å². The van der Waals surface area contributed by atoms with Gasteiger partial charge in [0.1, 0.15) is 5.82 Å². The fraction of sp³-hybridized carbons (Fsp3) is 0.636. The molecular formula is C11H18N4O. The average molecular weight is 222 g/mol. The number of hydrogen-bond acceptors (Lipinski definition) is 3. The predicted molar refractivity (Wildman–Crippen MR) is 60.5 cm³/mol. The number of amides is 1. The fourth-order valence-electron chi connectivity index (χ4n) is 2.46. The molecule has 0 unspecified atom stereocenters. The maximum Gasteiger partial charge on any atom is 0.223 e. The first-order valence-electron chi connectivity index (χ1n) is 5.65. The molecule has 16 heavy (non-hydrogen) atoms. The lowest BCUT2D eigenvalue weighted by Gasteiger charge is -2.26. The van der Waals surface area contributed by atoms with Gasteiger partial charge in [-0.1, -0.05) is 0 Å². The Balaban J connectivity index is 2.35. The molecule has 0 saturated carbocycles. The lowest BCUT2D eigenvalue weighted by molar-refractivity contribution is -0.128. The van der Waals surface area contributed by atoms with Crippen LogP contribution in [0.2, 0.25) is 0 Å². The van der Waals surface area contributed by atoms with Gasteiger partial charge in [0.2, 0.25) is 5.91 Å². The zero-order valence-electron chi connectivity index (χ0n) is 9.76. The summed E-state index contributed by atoms with van der Waals surface area (Å²) in [6.45, 7) is 3.24. The van der Waals surface area contributed by atoms with E-state index in [9.17, 15) is 4.79 Å². The largest absolute Gasteiger partial charge is 0.336 e. The quantitative estimate of drug-likeness (QED) is 0.799. The molecule has 0 radical (unpaired) electrons. The van der Waals surface area contributed by atoms with Crippen molar-refractivity contribution in [2.24, 2.45) is 18.7 Å². The van der Waals surface area contributed by atoms with E-state index in [0.717, 1.165) is 5.82 Å². The highest BCUT2D eigenvalue weighted by atomic mass is 16.2. The molecule has 88 valence electrons. The summed E-state index contributed by atoms with van der Waals surface area (Å²) in [5, 5.41) is 0. The summed E-state index contributed by atoms with van der Waals surface area (Å²) < 4.78 is 1.97. The molecule has 2 atom stereocenters. The summed E-state index contributed by atoms with van der Waals surface area (Å²) in [6, 6.07) is 0.0440. The van der Waals surface area contributed by atoms with Gasteiger partial charge in [-0.15, -0.1) is 0 Å². The maximum absolute atomic E-state index is 11.8. The number of rotatable bonds is 3. The van der Waals surface area contributed by atoms with Crippen molar-refractivity contribution < 1.29 is 4.79 Å². The number of imidazole rings is 1. The molecule has 1 aromatic rings. The van der Waals surface area contributed by atoms with Crippen molar-refractivity contribution in [1.82, 2.24) is 14.5 Å². The Morgan fingerprint density at radius 1 is 1.62 bits per heavy atom. The van der Waals surface area contributed by atoms with Gasteiger partial charge in [-0.3, -0.25) is 4.79 Å². The molecule has 5 nitrogen and oxygen atoms in total. The summed E-state index contributed by atoms with van der Waals surface area (Å²) >= 11 is 0. The molecule has 0 aliphatic carbocycles. The normalized spacial score (nSPS) is 25.4. The second-order valence-electron chi connectivity index (χ2n) is 4.22. The Labute approximate surface area is 95.2 Å². The first-order chi connectivity index (χ1) is 7.69. The van der Waals surface area contributed by atoms with Crippen molar-refractivity contribution in [3.63, 3.8) is 0 Å². The van der Waals surface area contributed by atoms with Crippen LogP contribution in [-0.4, -0.2) is 33.4 Å². The van der Waals surface area contributed by atoms with E-state index in [1.165, 1.54) is 0 Å². The van der Waals surface area contributed by atoms with Gasteiger partial charge in [-0.25, -0.2) is 4.98 Å². The molecular weight excluding hydrogens is 204 g/mol. The monoisotopic (exact) mass is 222 g/mol. The average Bonchev–Trinajstić information content (AvgIpc) is 2.81. The van der Waals surface area contributed by atoms with Crippen LogP contribution in [0.5, 0.6) is 0 Å². The highest BCUT2D eigenvalue weighted by Gasteiger charge is 2.40. The van der Waals surface area contributed by atoms with Crippen molar-refractivity contribution in [2.45, 2.75) is 19.4 Å². The number of aryl methyl sites for hydroxylation is 1. The van der Waals surface area contributed by atoms with Crippen molar-refractivity contribution in [2.75, 3.05) is 13.1 Å². The van der Waals surface area contributed by atoms with E-state index in [1.807, 2.05) is 29.6 Å². The number of nitrogens with zero attached hydrogens (tertiary/aromatic N) is 3. The second-order valence-corrected chi connectivity index (χ2v) is 4.22. The smallest absolute Gasteiger partial charge is 0.223 e. The SMILES string of the molecule is CCN1C(=O)C[C@@H](CN)[C@@H]1c1nccn1C. The minimum Gasteiger partial charge on any atom is -0.336 e. The summed E-state index contributed by atoms with van der Waals surface area (Å²) in [5.41, 5.74) is 5.74. The van der Waals surface area contributed by atoms with Crippen LogP contribution in [-0.2, 0) is 11.8 Å². The van der Waals surface area contributed by atoms with E-state index in [2.05, 4.69) is 4.98 Å². The van der Waals surface area contributed by atoms with Crippen LogP contribution in [0.4, 0.5) is 0 Å². The van der Waals surface area contributed by atoms with Crippen molar-refractivity contribution in [1.29, 1.82) is 0 Å². The first-order valence-corrected chi connectivity index (χ1v) is 5.65. The van der Waals surface area contributed by atoms with Crippen molar-refractivity contribution >= 4 is 5.91 Å². The number of hydrogen-bond donors (Lipinski definition) is 1. The number of nitrogens with two attached hydrogens (primary N) is 1. The van der Waals surface area contributed by atoms with E-state index < -0.39 is 0 Å². The summed E-state index contributed by atoms with van der Waals surface area (Å²) in [4.78, 5) is 18.0. The van der Waals surface area contributed by atoms with Gasteiger partial charge in [0.25, 0.3) is 0 Å². The maximum atomic E-state index is 11.8. The third-order valence-corrected chi connectivity index (χ3v) is 3.31. The van der Waals surface area contributed by atoms with Crippen LogP contribution in [0, 0.1) is 5.92 Å². The number of carbonyl (C=O) groups is 1. The van der Waals surface area contributed by atoms with Gasteiger partial charge in [-0.05, 0) is 13.5 Å². The molecule has 1 fully saturated rings. The molecule has 1 saturated heterocycles. The fourth-order valence-corrected chi connectivity index (χ4v) is 2.46. The van der Waals surface area contributed by atoms with E-state index in [0.29, 0.717) is 19.5 Å². The molecule has 2 N–H and O–H groups in total. The molecule has 1 aliphatic heterocycles. The van der Waals surface area contributed by atoms with Gasteiger partial charge < -0.3 is 15.2 Å². The minimum atomic E-state index is 0.0440. The van der Waals surface area contributed by atoms with E-state index >= 15 is 0 Å². The first kappa shape index (κ1) is 11.1. The number of carbonyl (C=O) groups excluding carboxylic acids is 1. The Hall–Kier alpha value is -1.36. The molecule has 2 rings (SSSR count). The van der Waals surface area contributed by atoms with Gasteiger partial charge in [0.15, 0.2) is 0 Å². The lowest BCUT2D eigenvalue weighted by Crippen LogP contribution is -2.32. The van der Waals surface area contributed by atoms with Crippen molar-refractivity contribution in [3.8, 4) is 0 Å². The van der Waals surface area contributed by atoms with Gasteiger partial charge in [-0.2, -0.15) is 0 Å². The molecule has 0 aromatic carbocycles. The zero-order chi connectivity index (χ0) is 11.7. The Morgan fingerprint density at radius 3 is 2.88 bits per heavy atom. The number of aromatic nitrogens is 2. The molecule has 0 bridgehead atoms. The van der Waals surface area contributed by atoms with Gasteiger partial charge in [0, 0.05) is 38.3 Å². The topological polar surface area (TPSA) is 64.2 Å². The standard InChI is InChI=1S/C11H18N4O/c1-3-15-9(16)6-8(7-12)10(15)11-13-4-5-14(11)2/h4-5,8,10H,3,6-7,12H2,1-2H3/t8-,10+/m0/s1. The lowest BCUT2D eigenvalue weighted by atomic mass is 10.00. The summed E-state index contributed by atoms with van der Waals surface area (Å²) in [6.07, 6.45) is 4.21. The van der Waals surface area contributed by atoms with Crippen LogP contribution in [0.25, 0.3) is 0 Å². The zero-order valence-corrected chi connectivity index (χ0v) is 9.76. The second kappa shape index (κ2) is 4.25. The van der Waals surface area contributed by atoms with Gasteiger partial charge in [0.05, 0.1) is 6.04 Å². The molecule has 1 aromatic heterocycles. The molecule has 5 heteroatoms. The summed E-state index contributed by atoms with van der Waals surface area (Å²) in [5.74, 6) is 1.31. The molecule has 0 spiro atoms. The van der Waals surface area contributed by atoms with E-state index in [4.69, 9.17) is 5.73 Å². The summed E-state index contributed by atoms with van der Waals surface area (Å²) in [7, 11) is 1.95.